The third-order valence-corrected chi connectivity index (χ3v) is 2.90. The molecule has 72 valence electrons. The predicted octanol–water partition coefficient (Wildman–Crippen LogP) is 3.81. The third-order valence-electron chi connectivity index (χ3n) is 2.16. The molecule has 0 saturated heterocycles. The molecule has 0 spiro atoms. The second-order valence-corrected chi connectivity index (χ2v) is 4.19. The van der Waals surface area contributed by atoms with Crippen molar-refractivity contribution in [3.05, 3.63) is 27.7 Å². The minimum absolute atomic E-state index is 0.398. The van der Waals surface area contributed by atoms with Crippen molar-refractivity contribution in [3.63, 3.8) is 0 Å². The molecular formula is C11H15BrO. The van der Waals surface area contributed by atoms with E-state index in [9.17, 15) is 5.11 Å². The van der Waals surface area contributed by atoms with Crippen molar-refractivity contribution >= 4 is 15.9 Å². The van der Waals surface area contributed by atoms with Gasteiger partial charge in [-0.2, -0.15) is 0 Å². The van der Waals surface area contributed by atoms with Crippen LogP contribution in [0.5, 0.6) is 5.75 Å². The van der Waals surface area contributed by atoms with Crippen LogP contribution in [0.2, 0.25) is 0 Å². The Labute approximate surface area is 87.9 Å². The summed E-state index contributed by atoms with van der Waals surface area (Å²) in [7, 11) is 0. The van der Waals surface area contributed by atoms with Crippen molar-refractivity contribution in [1.82, 2.24) is 0 Å². The molecule has 0 aliphatic rings. The van der Waals surface area contributed by atoms with Gasteiger partial charge in [-0.15, -0.1) is 0 Å². The van der Waals surface area contributed by atoms with E-state index in [-0.39, 0.29) is 0 Å². The topological polar surface area (TPSA) is 20.2 Å². The fourth-order valence-electron chi connectivity index (χ4n) is 1.26. The molecule has 2 heteroatoms. The molecule has 0 aliphatic heterocycles. The van der Waals surface area contributed by atoms with Gasteiger partial charge in [0.25, 0.3) is 0 Å². The molecular weight excluding hydrogens is 228 g/mol. The maximum atomic E-state index is 9.50. The highest BCUT2D eigenvalue weighted by molar-refractivity contribution is 9.10. The van der Waals surface area contributed by atoms with Crippen LogP contribution in [-0.2, 0) is 6.42 Å². The lowest BCUT2D eigenvalue weighted by Gasteiger charge is -2.06. The van der Waals surface area contributed by atoms with E-state index in [1.807, 2.05) is 19.1 Å². The zero-order chi connectivity index (χ0) is 9.84. The van der Waals surface area contributed by atoms with Crippen LogP contribution in [-0.4, -0.2) is 5.11 Å². The number of hydrogen-bond acceptors (Lipinski definition) is 1. The van der Waals surface area contributed by atoms with Crippen LogP contribution in [0, 0.1) is 6.92 Å². The highest BCUT2D eigenvalue weighted by Crippen LogP contribution is 2.26. The van der Waals surface area contributed by atoms with Gasteiger partial charge in [0.1, 0.15) is 5.75 Å². The van der Waals surface area contributed by atoms with Gasteiger partial charge >= 0.3 is 0 Å². The SMILES string of the molecule is CCCCc1cc(O)c(C)cc1Br. The van der Waals surface area contributed by atoms with E-state index in [2.05, 4.69) is 22.9 Å². The number of aromatic hydroxyl groups is 1. The van der Waals surface area contributed by atoms with Gasteiger partial charge in [0.05, 0.1) is 0 Å². The molecule has 0 radical (unpaired) electrons. The minimum Gasteiger partial charge on any atom is -0.508 e. The Bertz CT molecular complexity index is 294. The Morgan fingerprint density at radius 1 is 1.38 bits per heavy atom. The number of aryl methyl sites for hydroxylation is 2. The zero-order valence-corrected chi connectivity index (χ0v) is 9.69. The number of halogens is 1. The van der Waals surface area contributed by atoms with E-state index in [1.165, 1.54) is 18.4 Å². The molecule has 1 rings (SSSR count). The molecule has 1 nitrogen and oxygen atoms in total. The molecule has 0 atom stereocenters. The lowest BCUT2D eigenvalue weighted by molar-refractivity contribution is 0.470. The maximum absolute atomic E-state index is 9.50. The Kier molecular flexibility index (Phi) is 3.79. The summed E-state index contributed by atoms with van der Waals surface area (Å²) in [6.45, 7) is 4.08. The summed E-state index contributed by atoms with van der Waals surface area (Å²) in [6, 6.07) is 3.83. The fraction of sp³-hybridized carbons (Fsp3) is 0.455. The van der Waals surface area contributed by atoms with Crippen LogP contribution in [0.3, 0.4) is 0 Å². The summed E-state index contributed by atoms with van der Waals surface area (Å²) in [6.07, 6.45) is 3.38. The lowest BCUT2D eigenvalue weighted by Crippen LogP contribution is -1.88. The Morgan fingerprint density at radius 2 is 2.08 bits per heavy atom. The van der Waals surface area contributed by atoms with E-state index in [0.29, 0.717) is 5.75 Å². The van der Waals surface area contributed by atoms with E-state index in [4.69, 9.17) is 0 Å². The average Bonchev–Trinajstić information content (AvgIpc) is 2.09. The summed E-state index contributed by atoms with van der Waals surface area (Å²) < 4.78 is 1.11. The first-order valence-corrected chi connectivity index (χ1v) is 5.42. The van der Waals surface area contributed by atoms with E-state index in [1.54, 1.807) is 0 Å². The first kappa shape index (κ1) is 10.6. The number of rotatable bonds is 3. The number of phenols is 1. The Morgan fingerprint density at radius 3 is 2.69 bits per heavy atom. The van der Waals surface area contributed by atoms with Gasteiger partial charge < -0.3 is 5.11 Å². The van der Waals surface area contributed by atoms with Gasteiger partial charge in [-0.05, 0) is 43.0 Å². The van der Waals surface area contributed by atoms with Crippen LogP contribution in [0.4, 0.5) is 0 Å². The van der Waals surface area contributed by atoms with Gasteiger partial charge in [-0.25, -0.2) is 0 Å². The van der Waals surface area contributed by atoms with Crippen LogP contribution >= 0.6 is 15.9 Å². The summed E-state index contributed by atoms with van der Waals surface area (Å²) >= 11 is 3.50. The summed E-state index contributed by atoms with van der Waals surface area (Å²) in [5.74, 6) is 0.398. The first-order chi connectivity index (χ1) is 6.15. The molecule has 0 heterocycles. The molecule has 1 aromatic carbocycles. The van der Waals surface area contributed by atoms with Gasteiger partial charge in [-0.1, -0.05) is 29.3 Å². The molecule has 0 aliphatic carbocycles. The van der Waals surface area contributed by atoms with Crippen LogP contribution in [0.25, 0.3) is 0 Å². The van der Waals surface area contributed by atoms with Gasteiger partial charge in [0, 0.05) is 4.47 Å². The third kappa shape index (κ3) is 2.73. The number of phenolic OH excluding ortho intramolecular Hbond substituents is 1. The van der Waals surface area contributed by atoms with Crippen LogP contribution in [0.15, 0.2) is 16.6 Å². The molecule has 0 aromatic heterocycles. The minimum atomic E-state index is 0.398. The Balaban J connectivity index is 2.88. The second kappa shape index (κ2) is 4.66. The van der Waals surface area contributed by atoms with Gasteiger partial charge in [0.2, 0.25) is 0 Å². The van der Waals surface area contributed by atoms with Gasteiger partial charge in [0.15, 0.2) is 0 Å². The van der Waals surface area contributed by atoms with Gasteiger partial charge in [-0.3, -0.25) is 0 Å². The van der Waals surface area contributed by atoms with Crippen molar-refractivity contribution in [3.8, 4) is 5.75 Å². The standard InChI is InChI=1S/C11H15BrO/c1-3-4-5-9-7-11(13)8(2)6-10(9)12/h6-7,13H,3-5H2,1-2H3. The molecule has 0 bridgehead atoms. The van der Waals surface area contributed by atoms with Crippen molar-refractivity contribution in [1.29, 1.82) is 0 Å². The smallest absolute Gasteiger partial charge is 0.118 e. The normalized spacial score (nSPS) is 10.4. The van der Waals surface area contributed by atoms with Crippen molar-refractivity contribution in [2.45, 2.75) is 33.1 Å². The quantitative estimate of drug-likeness (QED) is 0.855. The number of hydrogen-bond donors (Lipinski definition) is 1. The highest BCUT2D eigenvalue weighted by Gasteiger charge is 2.03. The summed E-state index contributed by atoms with van der Waals surface area (Å²) in [5, 5.41) is 9.50. The monoisotopic (exact) mass is 242 g/mol. The predicted molar refractivity (Wildman–Crippen MR) is 59.2 cm³/mol. The molecule has 0 saturated carbocycles. The molecule has 1 N–H and O–H groups in total. The van der Waals surface area contributed by atoms with Crippen molar-refractivity contribution in [2.24, 2.45) is 0 Å². The van der Waals surface area contributed by atoms with Crippen LogP contribution < -0.4 is 0 Å². The number of benzene rings is 1. The lowest BCUT2D eigenvalue weighted by atomic mass is 10.1. The summed E-state index contributed by atoms with van der Waals surface area (Å²) in [4.78, 5) is 0. The number of unbranched alkanes of at least 4 members (excludes halogenated alkanes) is 1. The molecule has 1 aromatic rings. The molecule has 0 unspecified atom stereocenters. The zero-order valence-electron chi connectivity index (χ0n) is 8.10. The van der Waals surface area contributed by atoms with E-state index in [0.717, 1.165) is 16.5 Å². The molecule has 0 amide bonds. The summed E-state index contributed by atoms with van der Waals surface area (Å²) in [5.41, 5.74) is 2.12. The average molecular weight is 243 g/mol. The Hall–Kier alpha value is -0.500. The fourth-order valence-corrected chi connectivity index (χ4v) is 1.92. The first-order valence-electron chi connectivity index (χ1n) is 4.63. The van der Waals surface area contributed by atoms with E-state index < -0.39 is 0 Å². The molecule has 13 heavy (non-hydrogen) atoms. The van der Waals surface area contributed by atoms with E-state index >= 15 is 0 Å². The van der Waals surface area contributed by atoms with Crippen molar-refractivity contribution < 1.29 is 5.11 Å². The largest absolute Gasteiger partial charge is 0.508 e. The van der Waals surface area contributed by atoms with Crippen molar-refractivity contribution in [2.75, 3.05) is 0 Å². The van der Waals surface area contributed by atoms with Crippen LogP contribution in [0.1, 0.15) is 30.9 Å². The maximum Gasteiger partial charge on any atom is 0.118 e. The second-order valence-electron chi connectivity index (χ2n) is 3.33. The molecule has 0 fully saturated rings. The highest BCUT2D eigenvalue weighted by atomic mass is 79.9.